The molecular weight excluding hydrogens is 286 g/mol. The molecule has 2 rings (SSSR count). The second kappa shape index (κ2) is 8.49. The van der Waals surface area contributed by atoms with E-state index in [9.17, 15) is 9.90 Å². The Morgan fingerprint density at radius 2 is 1.78 bits per heavy atom. The summed E-state index contributed by atoms with van der Waals surface area (Å²) in [5, 5.41) is 12.9. The second-order valence-corrected chi connectivity index (χ2v) is 7.38. The summed E-state index contributed by atoms with van der Waals surface area (Å²) in [5.74, 6) is 0.348. The summed E-state index contributed by atoms with van der Waals surface area (Å²) in [6.45, 7) is 4.52. The molecule has 1 aliphatic carbocycles. The van der Waals surface area contributed by atoms with Crippen molar-refractivity contribution < 1.29 is 9.90 Å². The van der Waals surface area contributed by atoms with E-state index in [1.165, 1.54) is 18.4 Å². The molecule has 1 aliphatic rings. The van der Waals surface area contributed by atoms with Gasteiger partial charge in [-0.2, -0.15) is 0 Å². The average Bonchev–Trinajstić information content (AvgIpc) is 2.77. The fraction of sp³-hybridized carbons (Fsp3) is 0.650. The summed E-state index contributed by atoms with van der Waals surface area (Å²) >= 11 is 0. The number of benzene rings is 1. The molecule has 0 radical (unpaired) electrons. The van der Waals surface area contributed by atoms with Crippen molar-refractivity contribution in [2.24, 2.45) is 5.41 Å². The van der Waals surface area contributed by atoms with Crippen molar-refractivity contribution in [3.63, 3.8) is 0 Å². The Labute approximate surface area is 140 Å². The van der Waals surface area contributed by atoms with Gasteiger partial charge in [-0.15, -0.1) is 0 Å². The van der Waals surface area contributed by atoms with Gasteiger partial charge in [0.05, 0.1) is 6.10 Å². The van der Waals surface area contributed by atoms with E-state index < -0.39 is 0 Å². The summed E-state index contributed by atoms with van der Waals surface area (Å²) in [6, 6.07) is 10.2. The second-order valence-electron chi connectivity index (χ2n) is 7.38. The summed E-state index contributed by atoms with van der Waals surface area (Å²) in [4.78, 5) is 12.7. The predicted molar refractivity (Wildman–Crippen MR) is 94.3 cm³/mol. The fourth-order valence-corrected chi connectivity index (χ4v) is 3.64. The van der Waals surface area contributed by atoms with Crippen LogP contribution in [0.15, 0.2) is 30.3 Å². The maximum absolute atomic E-state index is 12.7. The number of rotatable bonds is 6. The van der Waals surface area contributed by atoms with Gasteiger partial charge in [0, 0.05) is 17.9 Å². The number of nitrogens with one attached hydrogen (secondary N) is 1. The van der Waals surface area contributed by atoms with Gasteiger partial charge in [-0.1, -0.05) is 62.9 Å². The summed E-state index contributed by atoms with van der Waals surface area (Å²) in [6.07, 6.45) is 7.08. The van der Waals surface area contributed by atoms with Gasteiger partial charge < -0.3 is 10.4 Å². The molecule has 1 aromatic rings. The third-order valence-electron chi connectivity index (χ3n) is 5.16. The van der Waals surface area contributed by atoms with E-state index in [-0.39, 0.29) is 23.3 Å². The Morgan fingerprint density at radius 1 is 1.17 bits per heavy atom. The van der Waals surface area contributed by atoms with Gasteiger partial charge in [0.1, 0.15) is 0 Å². The quantitative estimate of drug-likeness (QED) is 0.779. The van der Waals surface area contributed by atoms with Crippen molar-refractivity contribution in [3.05, 3.63) is 35.9 Å². The molecule has 0 aromatic heterocycles. The van der Waals surface area contributed by atoms with Crippen LogP contribution in [0.1, 0.15) is 70.3 Å². The molecule has 0 bridgehead atoms. The van der Waals surface area contributed by atoms with Crippen molar-refractivity contribution in [2.45, 2.75) is 70.8 Å². The predicted octanol–water partition coefficient (Wildman–Crippen LogP) is 4.02. The molecule has 0 aliphatic heterocycles. The molecule has 2 unspecified atom stereocenters. The Kier molecular flexibility index (Phi) is 6.64. The van der Waals surface area contributed by atoms with E-state index in [1.807, 2.05) is 25.1 Å². The van der Waals surface area contributed by atoms with Gasteiger partial charge in [0.25, 0.3) is 0 Å². The van der Waals surface area contributed by atoms with Crippen molar-refractivity contribution in [2.75, 3.05) is 6.54 Å². The molecule has 0 saturated heterocycles. The zero-order valence-corrected chi connectivity index (χ0v) is 14.6. The minimum absolute atomic E-state index is 0.162. The number of hydrogen-bond donors (Lipinski definition) is 2. The highest BCUT2D eigenvalue weighted by atomic mass is 16.3. The van der Waals surface area contributed by atoms with E-state index in [0.29, 0.717) is 13.0 Å². The van der Waals surface area contributed by atoms with E-state index in [0.717, 1.165) is 25.7 Å². The first-order valence-electron chi connectivity index (χ1n) is 9.02. The minimum Gasteiger partial charge on any atom is -0.393 e. The zero-order chi connectivity index (χ0) is 16.7. The number of aliphatic hydroxyl groups is 1. The largest absolute Gasteiger partial charge is 0.393 e. The molecule has 3 nitrogen and oxygen atoms in total. The molecule has 2 N–H and O–H groups in total. The third-order valence-corrected chi connectivity index (χ3v) is 5.16. The van der Waals surface area contributed by atoms with Crippen molar-refractivity contribution in [1.29, 1.82) is 0 Å². The first-order valence-corrected chi connectivity index (χ1v) is 9.02. The van der Waals surface area contributed by atoms with Crippen LogP contribution >= 0.6 is 0 Å². The average molecular weight is 317 g/mol. The lowest BCUT2D eigenvalue weighted by molar-refractivity contribution is -0.131. The van der Waals surface area contributed by atoms with Gasteiger partial charge in [-0.25, -0.2) is 0 Å². The van der Waals surface area contributed by atoms with Gasteiger partial charge in [0.15, 0.2) is 0 Å². The first kappa shape index (κ1) is 18.0. The lowest BCUT2D eigenvalue weighted by atomic mass is 9.81. The standard InChI is InChI=1S/C20H31NO2/c1-16(22)14-18(17-10-6-5-7-11-17)15-21-19(23)20(2)12-8-3-4-9-13-20/h5-7,10-11,16,18,22H,3-4,8-9,12-15H2,1-2H3,(H,21,23). The molecule has 3 heteroatoms. The highest BCUT2D eigenvalue weighted by Crippen LogP contribution is 2.35. The molecule has 1 fully saturated rings. The summed E-state index contributed by atoms with van der Waals surface area (Å²) in [7, 11) is 0. The highest BCUT2D eigenvalue weighted by Gasteiger charge is 2.33. The van der Waals surface area contributed by atoms with Crippen LogP contribution in [-0.4, -0.2) is 23.7 Å². The summed E-state index contributed by atoms with van der Waals surface area (Å²) in [5.41, 5.74) is 0.961. The van der Waals surface area contributed by atoms with Crippen molar-refractivity contribution >= 4 is 5.91 Å². The van der Waals surface area contributed by atoms with Crippen LogP contribution in [0.25, 0.3) is 0 Å². The van der Waals surface area contributed by atoms with E-state index in [2.05, 4.69) is 24.4 Å². The Morgan fingerprint density at radius 3 is 2.35 bits per heavy atom. The van der Waals surface area contributed by atoms with E-state index in [4.69, 9.17) is 0 Å². The third kappa shape index (κ3) is 5.35. The smallest absolute Gasteiger partial charge is 0.225 e. The maximum Gasteiger partial charge on any atom is 0.225 e. The van der Waals surface area contributed by atoms with Crippen LogP contribution in [0.5, 0.6) is 0 Å². The molecule has 1 saturated carbocycles. The Bertz CT molecular complexity index is 476. The Hall–Kier alpha value is -1.35. The first-order chi connectivity index (χ1) is 11.0. The van der Waals surface area contributed by atoms with Crippen molar-refractivity contribution in [1.82, 2.24) is 5.32 Å². The normalized spacial score (nSPS) is 20.3. The van der Waals surface area contributed by atoms with Crippen LogP contribution in [0.2, 0.25) is 0 Å². The monoisotopic (exact) mass is 317 g/mol. The minimum atomic E-state index is -0.370. The lowest BCUT2D eigenvalue weighted by Crippen LogP contribution is -2.40. The number of hydrogen-bond acceptors (Lipinski definition) is 2. The van der Waals surface area contributed by atoms with Crippen LogP contribution in [0.3, 0.4) is 0 Å². The van der Waals surface area contributed by atoms with Crippen LogP contribution < -0.4 is 5.32 Å². The number of carbonyl (C=O) groups is 1. The molecule has 2 atom stereocenters. The maximum atomic E-state index is 12.7. The van der Waals surface area contributed by atoms with Crippen molar-refractivity contribution in [3.8, 4) is 0 Å². The molecule has 128 valence electrons. The van der Waals surface area contributed by atoms with Gasteiger partial charge in [-0.05, 0) is 31.7 Å². The van der Waals surface area contributed by atoms with E-state index >= 15 is 0 Å². The molecule has 0 heterocycles. The topological polar surface area (TPSA) is 49.3 Å². The SMILES string of the molecule is CC(O)CC(CNC(=O)C1(C)CCCCCC1)c1ccccc1. The molecule has 1 amide bonds. The van der Waals surface area contributed by atoms with Gasteiger partial charge >= 0.3 is 0 Å². The molecule has 0 spiro atoms. The molecule has 1 aromatic carbocycles. The van der Waals surface area contributed by atoms with Gasteiger partial charge in [0.2, 0.25) is 5.91 Å². The fourth-order valence-electron chi connectivity index (χ4n) is 3.64. The summed E-state index contributed by atoms with van der Waals surface area (Å²) < 4.78 is 0. The number of amides is 1. The van der Waals surface area contributed by atoms with Crippen LogP contribution in [0.4, 0.5) is 0 Å². The number of carbonyl (C=O) groups excluding carboxylic acids is 1. The zero-order valence-electron chi connectivity index (χ0n) is 14.6. The lowest BCUT2D eigenvalue weighted by Gasteiger charge is -2.28. The van der Waals surface area contributed by atoms with E-state index in [1.54, 1.807) is 0 Å². The van der Waals surface area contributed by atoms with Crippen LogP contribution in [-0.2, 0) is 4.79 Å². The molecule has 23 heavy (non-hydrogen) atoms. The Balaban J connectivity index is 1.98. The number of aliphatic hydroxyl groups excluding tert-OH is 1. The molecular formula is C20H31NO2. The highest BCUT2D eigenvalue weighted by molar-refractivity contribution is 5.82. The van der Waals surface area contributed by atoms with Gasteiger partial charge in [-0.3, -0.25) is 4.79 Å². The van der Waals surface area contributed by atoms with Crippen LogP contribution in [0, 0.1) is 5.41 Å².